The van der Waals surface area contributed by atoms with Gasteiger partial charge in [-0.15, -0.1) is 0 Å². The number of ketones is 1. The van der Waals surface area contributed by atoms with E-state index in [1.165, 1.54) is 0 Å². The number of amides is 2. The van der Waals surface area contributed by atoms with Crippen LogP contribution in [0.15, 0.2) is 54.6 Å². The molecule has 4 rings (SSSR count). The molecule has 0 aromatic heterocycles. The molecule has 0 fully saturated rings. The van der Waals surface area contributed by atoms with Gasteiger partial charge in [-0.3, -0.25) is 36.4 Å². The molecule has 3 atom stereocenters. The van der Waals surface area contributed by atoms with Crippen LogP contribution in [0.1, 0.15) is 45.5 Å². The van der Waals surface area contributed by atoms with E-state index in [4.69, 9.17) is 16.2 Å². The second kappa shape index (κ2) is 12.6. The quantitative estimate of drug-likeness (QED) is 0.0878. The second-order valence-electron chi connectivity index (χ2n) is 9.77. The van der Waals surface area contributed by atoms with Crippen molar-refractivity contribution in [2.75, 3.05) is 19.7 Å². The van der Waals surface area contributed by atoms with Crippen LogP contribution >= 0.6 is 0 Å². The third-order valence-electron chi connectivity index (χ3n) is 6.80. The minimum Gasteiger partial charge on any atom is -0.445 e. The topological polar surface area (TPSA) is 217 Å². The van der Waals surface area contributed by atoms with Gasteiger partial charge >= 0.3 is 12.1 Å². The Bertz CT molecular complexity index is 1280. The summed E-state index contributed by atoms with van der Waals surface area (Å²) in [5.74, 6) is -1.94. The number of aliphatic hydroxyl groups is 2. The van der Waals surface area contributed by atoms with Crippen molar-refractivity contribution in [3.05, 3.63) is 71.3 Å². The van der Waals surface area contributed by atoms with Gasteiger partial charge in [0.2, 0.25) is 11.6 Å². The molecule has 0 saturated carbocycles. The van der Waals surface area contributed by atoms with Gasteiger partial charge in [0, 0.05) is 42.6 Å². The third-order valence-corrected chi connectivity index (χ3v) is 6.80. The molecule has 2 heterocycles. The summed E-state index contributed by atoms with van der Waals surface area (Å²) < 4.78 is 5.34. The van der Waals surface area contributed by atoms with Crippen LogP contribution in [0.4, 0.5) is 4.79 Å². The minimum atomic E-state index is -2.05. The van der Waals surface area contributed by atoms with Gasteiger partial charge in [-0.1, -0.05) is 42.5 Å². The molecule has 13 heteroatoms. The zero-order valence-electron chi connectivity index (χ0n) is 21.9. The van der Waals surface area contributed by atoms with Crippen LogP contribution in [0.3, 0.4) is 0 Å². The van der Waals surface area contributed by atoms with Crippen molar-refractivity contribution in [3.63, 3.8) is 0 Å². The first-order valence-corrected chi connectivity index (χ1v) is 13.0. The Morgan fingerprint density at radius 1 is 0.950 bits per heavy atom. The van der Waals surface area contributed by atoms with E-state index in [0.717, 1.165) is 0 Å². The van der Waals surface area contributed by atoms with Crippen LogP contribution in [-0.2, 0) is 4.74 Å². The number of hydrogen-bond acceptors (Lipinski definition) is 9. The first-order valence-electron chi connectivity index (χ1n) is 13.0. The highest BCUT2D eigenvalue weighted by Crippen LogP contribution is 2.18. The monoisotopic (exact) mass is 553 g/mol. The Hall–Kier alpha value is -4.49. The van der Waals surface area contributed by atoms with E-state index < -0.39 is 30.0 Å². The first-order chi connectivity index (χ1) is 19.1. The number of fused-ring (bicyclic) bond motifs is 1. The number of carbonyl (C=O) groups is 3. The van der Waals surface area contributed by atoms with Crippen molar-refractivity contribution < 1.29 is 39.3 Å². The lowest BCUT2D eigenvalue weighted by Gasteiger charge is -2.29. The van der Waals surface area contributed by atoms with Crippen molar-refractivity contribution in [2.45, 2.75) is 43.2 Å². The lowest BCUT2D eigenvalue weighted by molar-refractivity contribution is -0.567. The zero-order chi connectivity index (χ0) is 28.7. The summed E-state index contributed by atoms with van der Waals surface area (Å²) in [6, 6.07) is 13.1. The predicted octanol–water partition coefficient (Wildman–Crippen LogP) is -4.22. The molecule has 0 radical (unpaired) electrons. The molecule has 2 aliphatic rings. The fourth-order valence-corrected chi connectivity index (χ4v) is 4.73. The normalized spacial score (nSPS) is 21.7. The Labute approximate surface area is 230 Å². The molecule has 11 N–H and O–H groups in total. The van der Waals surface area contributed by atoms with Crippen LogP contribution in [0.5, 0.6) is 0 Å². The molecular weight excluding hydrogens is 518 g/mol. The van der Waals surface area contributed by atoms with E-state index >= 15 is 0 Å². The molecule has 0 aliphatic carbocycles. The number of alkyl carbamates (subject to hydrolysis) is 1. The van der Waals surface area contributed by atoms with Gasteiger partial charge in [-0.05, 0) is 18.6 Å². The van der Waals surface area contributed by atoms with Gasteiger partial charge in [0.25, 0.3) is 5.91 Å². The number of benzene rings is 2. The first kappa shape index (κ1) is 28.5. The number of guanidine groups is 1. The van der Waals surface area contributed by atoms with E-state index in [-0.39, 0.29) is 43.8 Å². The fraction of sp³-hybridized carbons (Fsp3) is 0.370. The lowest BCUT2D eigenvalue weighted by atomic mass is 9.92. The van der Waals surface area contributed by atoms with Crippen molar-refractivity contribution in [2.24, 2.45) is 11.5 Å². The number of nitrogens with one attached hydrogen (secondary N) is 5. The molecule has 2 amide bonds. The van der Waals surface area contributed by atoms with Gasteiger partial charge in [-0.25, -0.2) is 4.79 Å². The molecule has 0 saturated heterocycles. The predicted molar refractivity (Wildman–Crippen MR) is 144 cm³/mol. The van der Waals surface area contributed by atoms with Crippen LogP contribution in [-0.4, -0.2) is 83.4 Å². The van der Waals surface area contributed by atoms with Gasteiger partial charge in [-0.2, -0.15) is 0 Å². The van der Waals surface area contributed by atoms with Crippen molar-refractivity contribution in [1.82, 2.24) is 16.0 Å². The van der Waals surface area contributed by atoms with Gasteiger partial charge in [0.15, 0.2) is 23.9 Å². The minimum absolute atomic E-state index is 0.0776. The number of hydrogen-bond donors (Lipinski definition) is 9. The van der Waals surface area contributed by atoms with E-state index in [2.05, 4.69) is 25.9 Å². The fourth-order valence-electron chi connectivity index (χ4n) is 4.73. The number of amidine groups is 1. The lowest BCUT2D eigenvalue weighted by Crippen LogP contribution is -2.92. The smallest absolute Gasteiger partial charge is 0.407 e. The Morgan fingerprint density at radius 2 is 1.60 bits per heavy atom. The highest BCUT2D eigenvalue weighted by molar-refractivity contribution is 6.09. The molecule has 0 bridgehead atoms. The van der Waals surface area contributed by atoms with Crippen molar-refractivity contribution in [1.29, 1.82) is 0 Å². The summed E-state index contributed by atoms with van der Waals surface area (Å²) in [4.78, 5) is 43.2. The maximum atomic E-state index is 12.5. The average Bonchev–Trinajstić information content (AvgIpc) is 3.36. The van der Waals surface area contributed by atoms with E-state index in [1.54, 1.807) is 48.5 Å². The summed E-state index contributed by atoms with van der Waals surface area (Å²) in [5.41, 5.74) is 13.3. The van der Waals surface area contributed by atoms with Crippen molar-refractivity contribution in [3.8, 4) is 0 Å². The van der Waals surface area contributed by atoms with Crippen LogP contribution in [0.25, 0.3) is 0 Å². The maximum Gasteiger partial charge on any atom is 0.407 e. The summed E-state index contributed by atoms with van der Waals surface area (Å²) in [6.07, 6.45) is 0.202. The Morgan fingerprint density at radius 3 is 2.33 bits per heavy atom. The summed E-state index contributed by atoms with van der Waals surface area (Å²) >= 11 is 0. The number of nitrogens with two attached hydrogens (primary N) is 2. The van der Waals surface area contributed by atoms with Gasteiger partial charge in [0.1, 0.15) is 6.61 Å². The standard InChI is InChI=1S/C27H33N7O6/c28-20-7-4-12-27(38,39)23-21(33-25(29)34-23)19(32-20)15-40-26(37)31-14-13-30-24(36)18-10-8-17(9-11-18)22(35)16-5-2-1-3-6-16/h1-3,5-6,8-11,19,21,23,38-39H,4,7,12-15H2,(H2,28,32)(H,30,36)(H,31,37)(H3,29,33,34)/p+2. The van der Waals surface area contributed by atoms with E-state index in [9.17, 15) is 24.6 Å². The molecule has 212 valence electrons. The molecule has 40 heavy (non-hydrogen) atoms. The van der Waals surface area contributed by atoms with E-state index in [0.29, 0.717) is 35.4 Å². The molecule has 2 aromatic carbocycles. The summed E-state index contributed by atoms with van der Waals surface area (Å²) in [6.45, 7) is 0.0941. The number of carbonyl (C=O) groups excluding carboxylic acids is 3. The molecular formula is C27H35N7O6+2. The van der Waals surface area contributed by atoms with Crippen molar-refractivity contribution >= 4 is 29.6 Å². The highest BCUT2D eigenvalue weighted by Gasteiger charge is 2.51. The zero-order valence-corrected chi connectivity index (χ0v) is 21.9. The SMILES string of the molecule is NC1=[NH+]C(COC(=O)NCCNC(=O)c2ccc(C(=O)c3ccccc3)cc2)C2NC(N)=[NH+]C2C(O)(O)CCC1. The number of ether oxygens (including phenoxy) is 1. The summed E-state index contributed by atoms with van der Waals surface area (Å²) in [5, 5.41) is 29.3. The maximum absolute atomic E-state index is 12.5. The molecule has 13 nitrogen and oxygen atoms in total. The second-order valence-corrected chi connectivity index (χ2v) is 9.77. The highest BCUT2D eigenvalue weighted by atomic mass is 16.5. The molecule has 0 spiro atoms. The Balaban J connectivity index is 1.23. The summed E-state index contributed by atoms with van der Waals surface area (Å²) in [7, 11) is 0. The van der Waals surface area contributed by atoms with Crippen LogP contribution < -0.4 is 37.4 Å². The van der Waals surface area contributed by atoms with Gasteiger partial charge in [0.05, 0.1) is 0 Å². The number of rotatable bonds is 8. The van der Waals surface area contributed by atoms with E-state index in [1.807, 2.05) is 6.07 Å². The third kappa shape index (κ3) is 7.12. The largest absolute Gasteiger partial charge is 0.445 e. The van der Waals surface area contributed by atoms with Gasteiger partial charge < -0.3 is 25.6 Å². The Kier molecular flexibility index (Phi) is 8.97. The average molecular weight is 554 g/mol. The molecule has 2 aromatic rings. The molecule has 3 unspecified atom stereocenters. The molecule has 2 aliphatic heterocycles. The van der Waals surface area contributed by atoms with Crippen LogP contribution in [0, 0.1) is 0 Å². The van der Waals surface area contributed by atoms with Crippen LogP contribution in [0.2, 0.25) is 0 Å².